The molecule has 0 spiro atoms. The number of benzene rings is 2. The number of rotatable bonds is 2. The fourth-order valence-electron chi connectivity index (χ4n) is 3.99. The maximum absolute atomic E-state index is 12.1. The van der Waals surface area contributed by atoms with E-state index in [1.165, 1.54) is 0 Å². The Kier molecular flexibility index (Phi) is 2.79. The predicted molar refractivity (Wildman–Crippen MR) is 93.0 cm³/mol. The zero-order valence-corrected chi connectivity index (χ0v) is 13.1. The highest BCUT2D eigenvalue weighted by molar-refractivity contribution is 6.12. The first-order valence-corrected chi connectivity index (χ1v) is 8.20. The number of carbonyl (C=O) groups is 1. The molecule has 0 unspecified atom stereocenters. The summed E-state index contributed by atoms with van der Waals surface area (Å²) in [5, 5.41) is 13.1. The van der Waals surface area contributed by atoms with Crippen LogP contribution in [0.2, 0.25) is 0 Å². The first-order valence-electron chi connectivity index (χ1n) is 8.20. The lowest BCUT2D eigenvalue weighted by Gasteiger charge is -2.37. The van der Waals surface area contributed by atoms with Crippen molar-refractivity contribution in [1.29, 1.82) is 0 Å². The van der Waals surface area contributed by atoms with Gasteiger partial charge in [0, 0.05) is 40.7 Å². The predicted octanol–water partition coefficient (Wildman–Crippen LogP) is 3.23. The van der Waals surface area contributed by atoms with Gasteiger partial charge in [-0.05, 0) is 23.4 Å². The van der Waals surface area contributed by atoms with E-state index in [0.717, 1.165) is 44.9 Å². The van der Waals surface area contributed by atoms with Crippen LogP contribution < -0.4 is 0 Å². The molecule has 3 heterocycles. The molecular formula is C20H16N2O2. The molecule has 2 aliphatic heterocycles. The van der Waals surface area contributed by atoms with Crippen LogP contribution in [0.15, 0.2) is 48.7 Å². The van der Waals surface area contributed by atoms with E-state index in [0.29, 0.717) is 6.42 Å². The lowest BCUT2D eigenvalue weighted by molar-refractivity contribution is -0.139. The Balaban J connectivity index is 1.89. The molecule has 0 bridgehead atoms. The Morgan fingerprint density at radius 3 is 2.92 bits per heavy atom. The summed E-state index contributed by atoms with van der Waals surface area (Å²) in [5.74, 6) is 0.165. The quantitative estimate of drug-likeness (QED) is 0.583. The molecule has 118 valence electrons. The van der Waals surface area contributed by atoms with E-state index in [1.807, 2.05) is 41.4 Å². The normalized spacial score (nSPS) is 19.5. The zero-order chi connectivity index (χ0) is 16.3. The van der Waals surface area contributed by atoms with Crippen LogP contribution in [0.25, 0.3) is 27.4 Å². The van der Waals surface area contributed by atoms with E-state index in [4.69, 9.17) is 0 Å². The van der Waals surface area contributed by atoms with Crippen molar-refractivity contribution in [2.75, 3.05) is 0 Å². The van der Waals surface area contributed by atoms with Crippen molar-refractivity contribution in [2.24, 2.45) is 0 Å². The van der Waals surface area contributed by atoms with Gasteiger partial charge in [0.15, 0.2) is 0 Å². The molecule has 0 saturated carbocycles. The topological polar surface area (TPSA) is 53.4 Å². The lowest BCUT2D eigenvalue weighted by Crippen LogP contribution is -2.47. The Hall–Kier alpha value is -2.72. The maximum Gasteiger partial charge on any atom is 0.229 e. The van der Waals surface area contributed by atoms with Crippen molar-refractivity contribution in [1.82, 2.24) is 9.88 Å². The highest BCUT2D eigenvalue weighted by Gasteiger charge is 2.42. The van der Waals surface area contributed by atoms with Gasteiger partial charge in [-0.2, -0.15) is 0 Å². The number of amides is 1. The molecule has 1 aromatic heterocycles. The van der Waals surface area contributed by atoms with Gasteiger partial charge in [0.2, 0.25) is 5.91 Å². The highest BCUT2D eigenvalue weighted by atomic mass is 16.3. The van der Waals surface area contributed by atoms with E-state index < -0.39 is 0 Å². The fraction of sp³-hybridized carbons (Fsp3) is 0.200. The minimum absolute atomic E-state index is 0.0570. The Bertz CT molecular complexity index is 1040. The second kappa shape index (κ2) is 4.89. The minimum atomic E-state index is -0.0570. The number of nitrogens with zero attached hydrogens (tertiary/aromatic N) is 2. The lowest BCUT2D eigenvalue weighted by atomic mass is 9.94. The van der Waals surface area contributed by atoms with Gasteiger partial charge in [-0.25, -0.2) is 0 Å². The smallest absolute Gasteiger partial charge is 0.229 e. The molecule has 24 heavy (non-hydrogen) atoms. The summed E-state index contributed by atoms with van der Waals surface area (Å²) in [6.45, 7) is -0.0570. The molecule has 3 aromatic rings. The van der Waals surface area contributed by atoms with Crippen molar-refractivity contribution in [3.8, 4) is 0 Å². The molecule has 2 aliphatic rings. The standard InChI is InChI=1S/C20H16N2O2/c23-11-13-5-7-16-20(15-4-2-1-3-12(15)10-21-16)19(13)17-8-6-14-9-18(24)22(14)17/h1-5,7-8,10,14,23H,6,9,11H2/t14-/m1/s1. The third-order valence-corrected chi connectivity index (χ3v) is 5.16. The number of fused-ring (bicyclic) bond motifs is 4. The summed E-state index contributed by atoms with van der Waals surface area (Å²) in [6.07, 6.45) is 5.52. The van der Waals surface area contributed by atoms with Gasteiger partial charge in [0.25, 0.3) is 0 Å². The molecule has 1 atom stereocenters. The van der Waals surface area contributed by atoms with Crippen LogP contribution in [0.1, 0.15) is 24.0 Å². The number of hydrogen-bond donors (Lipinski definition) is 1. The third-order valence-electron chi connectivity index (χ3n) is 5.16. The first kappa shape index (κ1) is 13.7. The number of aliphatic hydroxyl groups is 1. The van der Waals surface area contributed by atoms with Gasteiger partial charge >= 0.3 is 0 Å². The summed E-state index contributed by atoms with van der Waals surface area (Å²) in [4.78, 5) is 18.6. The van der Waals surface area contributed by atoms with Crippen molar-refractivity contribution in [3.63, 3.8) is 0 Å². The average molecular weight is 316 g/mol. The number of pyridine rings is 1. The van der Waals surface area contributed by atoms with Crippen LogP contribution >= 0.6 is 0 Å². The molecule has 1 N–H and O–H groups in total. The van der Waals surface area contributed by atoms with Crippen molar-refractivity contribution < 1.29 is 9.90 Å². The molecule has 1 saturated heterocycles. The zero-order valence-electron chi connectivity index (χ0n) is 13.1. The van der Waals surface area contributed by atoms with Gasteiger partial charge in [0.1, 0.15) is 0 Å². The Morgan fingerprint density at radius 1 is 1.21 bits per heavy atom. The molecule has 0 radical (unpaired) electrons. The minimum Gasteiger partial charge on any atom is -0.392 e. The molecule has 4 heteroatoms. The molecule has 1 amide bonds. The summed E-state index contributed by atoms with van der Waals surface area (Å²) >= 11 is 0. The number of aromatic nitrogens is 1. The van der Waals surface area contributed by atoms with E-state index in [-0.39, 0.29) is 18.6 Å². The van der Waals surface area contributed by atoms with Gasteiger partial charge in [-0.1, -0.05) is 36.4 Å². The van der Waals surface area contributed by atoms with Crippen molar-refractivity contribution >= 4 is 33.3 Å². The van der Waals surface area contributed by atoms with Crippen LogP contribution in [0, 0.1) is 0 Å². The van der Waals surface area contributed by atoms with Gasteiger partial charge in [0.05, 0.1) is 12.1 Å². The van der Waals surface area contributed by atoms with Crippen molar-refractivity contribution in [3.05, 3.63) is 59.8 Å². The molecule has 1 fully saturated rings. The second-order valence-corrected chi connectivity index (χ2v) is 6.44. The van der Waals surface area contributed by atoms with Crippen LogP contribution in [0.4, 0.5) is 0 Å². The van der Waals surface area contributed by atoms with Gasteiger partial charge < -0.3 is 10.0 Å². The van der Waals surface area contributed by atoms with Crippen LogP contribution in [-0.4, -0.2) is 26.9 Å². The van der Waals surface area contributed by atoms with E-state index in [2.05, 4.69) is 17.1 Å². The second-order valence-electron chi connectivity index (χ2n) is 6.44. The molecule has 5 rings (SSSR count). The van der Waals surface area contributed by atoms with Crippen LogP contribution in [0.3, 0.4) is 0 Å². The van der Waals surface area contributed by atoms with Crippen molar-refractivity contribution in [2.45, 2.75) is 25.5 Å². The average Bonchev–Trinajstić information content (AvgIpc) is 2.96. The fourth-order valence-corrected chi connectivity index (χ4v) is 3.99. The first-order chi connectivity index (χ1) is 11.8. The van der Waals surface area contributed by atoms with Crippen LogP contribution in [-0.2, 0) is 11.4 Å². The number of aliphatic hydroxyl groups excluding tert-OH is 1. The van der Waals surface area contributed by atoms with E-state index >= 15 is 0 Å². The number of carbonyl (C=O) groups excluding carboxylic acids is 1. The largest absolute Gasteiger partial charge is 0.392 e. The summed E-state index contributed by atoms with van der Waals surface area (Å²) in [6, 6.07) is 12.3. The summed E-state index contributed by atoms with van der Waals surface area (Å²) in [5.41, 5.74) is 3.62. The van der Waals surface area contributed by atoms with E-state index in [1.54, 1.807) is 0 Å². The molecule has 4 nitrogen and oxygen atoms in total. The third kappa shape index (κ3) is 1.72. The Morgan fingerprint density at radius 2 is 2.08 bits per heavy atom. The number of hydrogen-bond acceptors (Lipinski definition) is 3. The monoisotopic (exact) mass is 316 g/mol. The van der Waals surface area contributed by atoms with Gasteiger partial charge in [-0.15, -0.1) is 0 Å². The maximum atomic E-state index is 12.1. The van der Waals surface area contributed by atoms with Crippen LogP contribution in [0.5, 0.6) is 0 Å². The van der Waals surface area contributed by atoms with Gasteiger partial charge in [-0.3, -0.25) is 9.78 Å². The molecule has 0 aliphatic carbocycles. The molecule has 2 aromatic carbocycles. The number of β-lactam (4-membered cyclic amide) rings is 1. The van der Waals surface area contributed by atoms with E-state index in [9.17, 15) is 9.90 Å². The summed E-state index contributed by atoms with van der Waals surface area (Å²) < 4.78 is 0. The SMILES string of the molecule is O=C1C[C@H]2CC=C(c3c(CO)ccc4ncc5ccccc5c34)N12. The summed E-state index contributed by atoms with van der Waals surface area (Å²) in [7, 11) is 0. The molecular weight excluding hydrogens is 300 g/mol. The Labute approximate surface area is 139 Å². The highest BCUT2D eigenvalue weighted by Crippen LogP contribution is 2.43.